The molecule has 21 heavy (non-hydrogen) atoms. The number of pyridine rings is 1. The van der Waals surface area contributed by atoms with Crippen LogP contribution in [0.2, 0.25) is 0 Å². The lowest BCUT2D eigenvalue weighted by molar-refractivity contribution is -0.122. The van der Waals surface area contributed by atoms with Gasteiger partial charge in [0.25, 0.3) is 5.91 Å². The summed E-state index contributed by atoms with van der Waals surface area (Å²) in [5, 5.41) is 6.02. The van der Waals surface area contributed by atoms with E-state index >= 15 is 0 Å². The summed E-state index contributed by atoms with van der Waals surface area (Å²) in [6.45, 7) is -1.20. The van der Waals surface area contributed by atoms with Crippen LogP contribution in [0.5, 0.6) is 0 Å². The van der Waals surface area contributed by atoms with Crippen molar-refractivity contribution < 1.29 is 9.18 Å². The van der Waals surface area contributed by atoms with Crippen LogP contribution in [0, 0.1) is 0 Å². The quantitative estimate of drug-likeness (QED) is 0.656. The van der Waals surface area contributed by atoms with E-state index in [4.69, 9.17) is 34.8 Å². The topological polar surface area (TPSA) is 54.0 Å². The van der Waals surface area contributed by atoms with Crippen LogP contribution in [0.4, 0.5) is 10.1 Å². The van der Waals surface area contributed by atoms with Crippen LogP contribution >= 0.6 is 34.8 Å². The Morgan fingerprint density at radius 1 is 1.29 bits per heavy atom. The third-order valence-corrected chi connectivity index (χ3v) is 3.34. The molecule has 0 saturated carbocycles. The zero-order valence-electron chi connectivity index (χ0n) is 10.6. The minimum absolute atomic E-state index is 0.559. The van der Waals surface area contributed by atoms with Gasteiger partial charge in [0, 0.05) is 11.6 Å². The SMILES string of the molecule is O=C(CF)N[C@@H](Nc1cccc2cccnc12)C(Cl)(Cl)Cl. The van der Waals surface area contributed by atoms with Crippen LogP contribution in [0.3, 0.4) is 0 Å². The van der Waals surface area contributed by atoms with Crippen LogP contribution in [-0.4, -0.2) is 27.5 Å². The molecule has 1 atom stereocenters. The number of nitrogens with one attached hydrogen (secondary N) is 2. The third-order valence-electron chi connectivity index (χ3n) is 2.69. The van der Waals surface area contributed by atoms with Gasteiger partial charge in [-0.3, -0.25) is 9.78 Å². The predicted molar refractivity (Wildman–Crippen MR) is 83.6 cm³/mol. The van der Waals surface area contributed by atoms with Crippen molar-refractivity contribution >= 4 is 57.3 Å². The molecule has 2 aromatic rings. The summed E-state index contributed by atoms with van der Waals surface area (Å²) in [5.41, 5.74) is 1.21. The maximum atomic E-state index is 12.3. The summed E-state index contributed by atoms with van der Waals surface area (Å²) < 4.78 is 10.5. The number of carbonyl (C=O) groups excluding carboxylic acids is 1. The van der Waals surface area contributed by atoms with Crippen LogP contribution in [0.15, 0.2) is 36.5 Å². The molecule has 0 aliphatic rings. The minimum Gasteiger partial charge on any atom is -0.360 e. The highest BCUT2D eigenvalue weighted by Crippen LogP contribution is 2.32. The molecule has 0 aliphatic heterocycles. The van der Waals surface area contributed by atoms with Crippen LogP contribution in [0.1, 0.15) is 0 Å². The molecular weight excluding hydrogens is 340 g/mol. The van der Waals surface area contributed by atoms with E-state index in [0.29, 0.717) is 11.2 Å². The molecule has 1 aromatic carbocycles. The fourth-order valence-corrected chi connectivity index (χ4v) is 2.10. The van der Waals surface area contributed by atoms with E-state index in [-0.39, 0.29) is 0 Å². The number of anilines is 1. The van der Waals surface area contributed by atoms with E-state index in [2.05, 4.69) is 15.6 Å². The summed E-state index contributed by atoms with van der Waals surface area (Å²) >= 11 is 17.4. The van der Waals surface area contributed by atoms with Gasteiger partial charge in [-0.2, -0.15) is 0 Å². The van der Waals surface area contributed by atoms with Gasteiger partial charge < -0.3 is 10.6 Å². The number of hydrogen-bond donors (Lipinski definition) is 2. The zero-order valence-corrected chi connectivity index (χ0v) is 12.9. The van der Waals surface area contributed by atoms with Crippen molar-refractivity contribution in [3.05, 3.63) is 36.5 Å². The Morgan fingerprint density at radius 3 is 2.67 bits per heavy atom. The number of carbonyl (C=O) groups is 1. The second-order valence-electron chi connectivity index (χ2n) is 4.20. The second kappa shape index (κ2) is 6.64. The number of aromatic nitrogens is 1. The lowest BCUT2D eigenvalue weighted by atomic mass is 10.2. The molecule has 2 rings (SSSR count). The molecule has 8 heteroatoms. The molecule has 4 nitrogen and oxygen atoms in total. The molecule has 0 spiro atoms. The van der Waals surface area contributed by atoms with Crippen molar-refractivity contribution in [1.82, 2.24) is 10.3 Å². The number of halogens is 4. The number of amides is 1. The molecular formula is C13H11Cl3FN3O. The molecule has 112 valence electrons. The average Bonchev–Trinajstić information content (AvgIpc) is 2.45. The Hall–Kier alpha value is -1.30. The summed E-state index contributed by atoms with van der Waals surface area (Å²) in [6, 6.07) is 9.05. The van der Waals surface area contributed by atoms with Gasteiger partial charge in [-0.1, -0.05) is 53.0 Å². The molecule has 0 fully saturated rings. The van der Waals surface area contributed by atoms with E-state index in [9.17, 15) is 9.18 Å². The zero-order chi connectivity index (χ0) is 15.5. The van der Waals surface area contributed by atoms with Crippen molar-refractivity contribution in [3.8, 4) is 0 Å². The molecule has 0 bridgehead atoms. The number of benzene rings is 1. The van der Waals surface area contributed by atoms with Gasteiger partial charge in [0.15, 0.2) is 6.67 Å². The van der Waals surface area contributed by atoms with Gasteiger partial charge in [0.05, 0.1) is 11.2 Å². The number of alkyl halides is 4. The van der Waals surface area contributed by atoms with Crippen molar-refractivity contribution in [1.29, 1.82) is 0 Å². The fourth-order valence-electron chi connectivity index (χ4n) is 1.78. The highest BCUT2D eigenvalue weighted by atomic mass is 35.6. The molecule has 0 radical (unpaired) electrons. The van der Waals surface area contributed by atoms with Gasteiger partial charge >= 0.3 is 0 Å². The van der Waals surface area contributed by atoms with Gasteiger partial charge in [-0.25, -0.2) is 4.39 Å². The van der Waals surface area contributed by atoms with Crippen molar-refractivity contribution in [3.63, 3.8) is 0 Å². The Morgan fingerprint density at radius 2 is 2.00 bits per heavy atom. The number of fused-ring (bicyclic) bond motifs is 1. The molecule has 0 saturated heterocycles. The lowest BCUT2D eigenvalue weighted by Gasteiger charge is -2.27. The van der Waals surface area contributed by atoms with Gasteiger partial charge in [0.1, 0.15) is 6.17 Å². The Labute approximate surface area is 135 Å². The standard InChI is InChI=1S/C13H11Cl3FN3O/c14-13(15,16)12(20-10(21)7-17)19-9-5-1-3-8-4-2-6-18-11(8)9/h1-6,12,19H,7H2,(H,20,21)/t12-/m1/s1. The first-order valence-corrected chi connectivity index (χ1v) is 7.07. The molecule has 2 N–H and O–H groups in total. The van der Waals surface area contributed by atoms with Crippen LogP contribution in [0.25, 0.3) is 10.9 Å². The Bertz CT molecular complexity index is 643. The molecule has 1 amide bonds. The maximum absolute atomic E-state index is 12.3. The Balaban J connectivity index is 2.32. The normalized spacial score (nSPS) is 13.0. The van der Waals surface area contributed by atoms with Crippen molar-refractivity contribution in [2.45, 2.75) is 9.96 Å². The van der Waals surface area contributed by atoms with E-state index in [0.717, 1.165) is 5.39 Å². The minimum atomic E-state index is -1.86. The number of rotatable bonds is 4. The smallest absolute Gasteiger partial charge is 0.253 e. The summed E-state index contributed by atoms with van der Waals surface area (Å²) in [7, 11) is 0. The maximum Gasteiger partial charge on any atom is 0.253 e. The van der Waals surface area contributed by atoms with E-state index in [1.165, 1.54) is 0 Å². The summed E-state index contributed by atoms with van der Waals surface area (Å²) in [4.78, 5) is 15.4. The van der Waals surface area contributed by atoms with Crippen molar-refractivity contribution in [2.75, 3.05) is 12.0 Å². The predicted octanol–water partition coefficient (Wildman–Crippen LogP) is 3.43. The largest absolute Gasteiger partial charge is 0.360 e. The van der Waals surface area contributed by atoms with Crippen LogP contribution < -0.4 is 10.6 Å². The summed E-state index contributed by atoms with van der Waals surface area (Å²) in [6.07, 6.45) is 0.524. The highest BCUT2D eigenvalue weighted by molar-refractivity contribution is 6.68. The number of hydrogen-bond acceptors (Lipinski definition) is 3. The lowest BCUT2D eigenvalue weighted by Crippen LogP contribution is -2.49. The molecule has 1 heterocycles. The first-order chi connectivity index (χ1) is 9.91. The van der Waals surface area contributed by atoms with E-state index in [1.54, 1.807) is 24.4 Å². The molecule has 1 aromatic heterocycles. The molecule has 0 aliphatic carbocycles. The third kappa shape index (κ3) is 4.09. The van der Waals surface area contributed by atoms with Gasteiger partial charge in [-0.15, -0.1) is 0 Å². The first-order valence-electron chi connectivity index (χ1n) is 5.94. The monoisotopic (exact) mass is 349 g/mol. The number of para-hydroxylation sites is 1. The number of nitrogens with zero attached hydrogens (tertiary/aromatic N) is 1. The van der Waals surface area contributed by atoms with Gasteiger partial charge in [-0.05, 0) is 12.1 Å². The van der Waals surface area contributed by atoms with Crippen LogP contribution in [-0.2, 0) is 4.79 Å². The highest BCUT2D eigenvalue weighted by Gasteiger charge is 2.34. The molecule has 0 unspecified atom stereocenters. The Kier molecular flexibility index (Phi) is 5.08. The average molecular weight is 351 g/mol. The summed E-state index contributed by atoms with van der Waals surface area (Å²) in [5.74, 6) is -0.882. The van der Waals surface area contributed by atoms with Crippen molar-refractivity contribution in [2.24, 2.45) is 0 Å². The van der Waals surface area contributed by atoms with E-state index in [1.807, 2.05) is 12.1 Å². The fraction of sp³-hybridized carbons (Fsp3) is 0.231. The first kappa shape index (κ1) is 16.1. The van der Waals surface area contributed by atoms with E-state index < -0.39 is 22.5 Å². The second-order valence-corrected chi connectivity index (χ2v) is 6.57. The van der Waals surface area contributed by atoms with Gasteiger partial charge in [0.2, 0.25) is 3.79 Å².